The third-order valence-corrected chi connectivity index (χ3v) is 4.59. The lowest BCUT2D eigenvalue weighted by Gasteiger charge is -2.15. The first-order valence-corrected chi connectivity index (χ1v) is 9.64. The molecule has 2 N–H and O–H groups in total. The number of hydrogen-bond donors (Lipinski definition) is 2. The Morgan fingerprint density at radius 2 is 2.03 bits per heavy atom. The van der Waals surface area contributed by atoms with Gasteiger partial charge in [0.05, 0.1) is 34.0 Å². The summed E-state index contributed by atoms with van der Waals surface area (Å²) in [7, 11) is 0. The highest BCUT2D eigenvalue weighted by molar-refractivity contribution is 7.98. The van der Waals surface area contributed by atoms with Crippen LogP contribution in [0.1, 0.15) is 13.8 Å². The molecule has 160 valence electrons. The molecule has 2 aromatic carbocycles. The molecular formula is C19H18F4N4O2S. The largest absolute Gasteiger partial charge is 0.489 e. The number of ether oxygens (including phenoxy) is 1. The van der Waals surface area contributed by atoms with E-state index in [1.165, 1.54) is 12.1 Å². The summed E-state index contributed by atoms with van der Waals surface area (Å²) in [6, 6.07) is 7.79. The van der Waals surface area contributed by atoms with Crippen LogP contribution in [0.25, 0.3) is 11.0 Å². The fourth-order valence-electron chi connectivity index (χ4n) is 2.69. The zero-order valence-corrected chi connectivity index (χ0v) is 16.8. The van der Waals surface area contributed by atoms with E-state index in [1.807, 2.05) is 0 Å². The maximum atomic E-state index is 13.6. The van der Waals surface area contributed by atoms with Crippen LogP contribution in [0.3, 0.4) is 0 Å². The average Bonchev–Trinajstić information content (AvgIpc) is 3.04. The molecule has 11 heteroatoms. The van der Waals surface area contributed by atoms with Crippen LogP contribution in [-0.2, 0) is 6.54 Å². The first-order chi connectivity index (χ1) is 14.1. The number of urea groups is 1. The van der Waals surface area contributed by atoms with Crippen molar-refractivity contribution in [3.05, 3.63) is 48.5 Å². The highest BCUT2D eigenvalue weighted by atomic mass is 32.2. The molecule has 1 aromatic heterocycles. The molecular weight excluding hydrogens is 424 g/mol. The molecule has 3 aromatic rings. The van der Waals surface area contributed by atoms with Gasteiger partial charge < -0.3 is 14.6 Å². The number of amides is 2. The summed E-state index contributed by atoms with van der Waals surface area (Å²) in [6.45, 7) is 2.37. The molecule has 0 bridgehead atoms. The van der Waals surface area contributed by atoms with Crippen molar-refractivity contribution < 1.29 is 27.1 Å². The van der Waals surface area contributed by atoms with Crippen LogP contribution in [0.2, 0.25) is 0 Å². The van der Waals surface area contributed by atoms with Crippen molar-refractivity contribution >= 4 is 34.7 Å². The van der Waals surface area contributed by atoms with Gasteiger partial charge in [-0.25, -0.2) is 14.2 Å². The summed E-state index contributed by atoms with van der Waals surface area (Å²) < 4.78 is 61.0. The van der Waals surface area contributed by atoms with E-state index in [0.717, 1.165) is 28.9 Å². The monoisotopic (exact) mass is 442 g/mol. The first-order valence-electron chi connectivity index (χ1n) is 8.83. The number of rotatable bonds is 6. The fourth-order valence-corrected chi connectivity index (χ4v) is 3.41. The summed E-state index contributed by atoms with van der Waals surface area (Å²) in [5, 5.41) is 2.48. The molecule has 0 saturated heterocycles. The van der Waals surface area contributed by atoms with Crippen LogP contribution in [0.15, 0.2) is 47.6 Å². The Bertz CT molecular complexity index is 1050. The van der Waals surface area contributed by atoms with Crippen LogP contribution >= 0.6 is 11.9 Å². The van der Waals surface area contributed by atoms with Crippen molar-refractivity contribution in [1.29, 1.82) is 0 Å². The first kappa shape index (κ1) is 21.8. The molecule has 0 spiro atoms. The lowest BCUT2D eigenvalue weighted by atomic mass is 10.3. The second-order valence-corrected chi connectivity index (χ2v) is 7.42. The van der Waals surface area contributed by atoms with E-state index in [2.05, 4.69) is 15.0 Å². The molecule has 0 aliphatic rings. The van der Waals surface area contributed by atoms with Crippen molar-refractivity contribution in [1.82, 2.24) is 14.3 Å². The van der Waals surface area contributed by atoms with E-state index in [-0.39, 0.29) is 23.1 Å². The number of carbonyl (C=O) groups is 1. The van der Waals surface area contributed by atoms with Crippen LogP contribution in [-0.4, -0.2) is 27.9 Å². The van der Waals surface area contributed by atoms with Crippen molar-refractivity contribution in [3.63, 3.8) is 0 Å². The molecule has 0 saturated carbocycles. The van der Waals surface area contributed by atoms with E-state index >= 15 is 0 Å². The standard InChI is InChI=1S/C19H18F4N4O2S/c1-11(2)29-15-7-6-12(20)8-14(15)25-18(28)26-30-16-5-3-4-13-17(16)27(10-24-13)9-19(21,22)23/h3-8,10-11H,9H2,1-2H3,(H2,25,26,28). The molecule has 1 heterocycles. The van der Waals surface area contributed by atoms with E-state index in [4.69, 9.17) is 4.74 Å². The maximum absolute atomic E-state index is 13.6. The minimum absolute atomic E-state index is 0.127. The highest BCUT2D eigenvalue weighted by Crippen LogP contribution is 2.29. The van der Waals surface area contributed by atoms with Gasteiger partial charge in [0, 0.05) is 6.07 Å². The van der Waals surface area contributed by atoms with Gasteiger partial charge >= 0.3 is 12.2 Å². The summed E-state index contributed by atoms with van der Waals surface area (Å²) in [5.74, 6) is -0.271. The fraction of sp³-hybridized carbons (Fsp3) is 0.263. The Morgan fingerprint density at radius 3 is 2.73 bits per heavy atom. The molecule has 0 aliphatic carbocycles. The van der Waals surface area contributed by atoms with Crippen LogP contribution in [0.4, 0.5) is 28.0 Å². The number of nitrogens with one attached hydrogen (secondary N) is 2. The smallest absolute Gasteiger partial charge is 0.406 e. The molecule has 0 fully saturated rings. The van der Waals surface area contributed by atoms with E-state index in [9.17, 15) is 22.4 Å². The topological polar surface area (TPSA) is 68.2 Å². The summed E-state index contributed by atoms with van der Waals surface area (Å²) >= 11 is 0.821. The SMILES string of the molecule is CC(C)Oc1ccc(F)cc1NC(=O)NSc1cccc2ncn(CC(F)(F)F)c12. The van der Waals surface area contributed by atoms with E-state index in [1.54, 1.807) is 32.0 Å². The highest BCUT2D eigenvalue weighted by Gasteiger charge is 2.29. The van der Waals surface area contributed by atoms with E-state index < -0.39 is 24.6 Å². The normalized spacial score (nSPS) is 11.7. The number of hydrogen-bond acceptors (Lipinski definition) is 4. The Labute approximate surface area is 173 Å². The molecule has 0 aliphatic heterocycles. The van der Waals surface area contributed by atoms with Crippen LogP contribution < -0.4 is 14.8 Å². The number of halogens is 4. The number of para-hydroxylation sites is 1. The minimum atomic E-state index is -4.42. The number of carbonyl (C=O) groups excluding carboxylic acids is 1. The van der Waals surface area contributed by atoms with Gasteiger partial charge in [-0.15, -0.1) is 0 Å². The number of benzene rings is 2. The lowest BCUT2D eigenvalue weighted by Crippen LogP contribution is -2.23. The summed E-state index contributed by atoms with van der Waals surface area (Å²) in [5.41, 5.74) is 0.737. The van der Waals surface area contributed by atoms with Crippen molar-refractivity contribution in [2.24, 2.45) is 0 Å². The minimum Gasteiger partial charge on any atom is -0.489 e. The summed E-state index contributed by atoms with van der Waals surface area (Å²) in [4.78, 5) is 16.6. The predicted octanol–water partition coefficient (Wildman–Crippen LogP) is 5.35. The van der Waals surface area contributed by atoms with Gasteiger partial charge in [0.1, 0.15) is 18.1 Å². The van der Waals surface area contributed by atoms with Crippen LogP contribution in [0, 0.1) is 5.82 Å². The molecule has 30 heavy (non-hydrogen) atoms. The number of anilines is 1. The Kier molecular flexibility index (Phi) is 6.40. The quantitative estimate of drug-likeness (QED) is 0.399. The third kappa shape index (κ3) is 5.56. The molecule has 0 atom stereocenters. The van der Waals surface area contributed by atoms with Gasteiger partial charge in [-0.05, 0) is 50.1 Å². The zero-order chi connectivity index (χ0) is 21.9. The Balaban J connectivity index is 1.75. The Morgan fingerprint density at radius 1 is 1.27 bits per heavy atom. The molecule has 6 nitrogen and oxygen atoms in total. The predicted molar refractivity (Wildman–Crippen MR) is 106 cm³/mol. The second kappa shape index (κ2) is 8.82. The van der Waals surface area contributed by atoms with Gasteiger partial charge in [0.25, 0.3) is 0 Å². The summed E-state index contributed by atoms with van der Waals surface area (Å²) in [6.07, 6.45) is -3.51. The van der Waals surface area contributed by atoms with Gasteiger partial charge in [0.15, 0.2) is 0 Å². The number of alkyl halides is 3. The van der Waals surface area contributed by atoms with Crippen molar-refractivity contribution in [2.45, 2.75) is 37.6 Å². The second-order valence-electron chi connectivity index (χ2n) is 6.58. The maximum Gasteiger partial charge on any atom is 0.406 e. The van der Waals surface area contributed by atoms with Gasteiger partial charge in [0.2, 0.25) is 0 Å². The number of fused-ring (bicyclic) bond motifs is 1. The Hall–Kier alpha value is -2.95. The zero-order valence-electron chi connectivity index (χ0n) is 16.0. The lowest BCUT2D eigenvalue weighted by molar-refractivity contribution is -0.140. The number of imidazole rings is 1. The van der Waals surface area contributed by atoms with E-state index in [0.29, 0.717) is 10.4 Å². The average molecular weight is 442 g/mol. The molecule has 0 radical (unpaired) electrons. The van der Waals surface area contributed by atoms with Gasteiger partial charge in [-0.3, -0.25) is 4.72 Å². The molecule has 3 rings (SSSR count). The van der Waals surface area contributed by atoms with Gasteiger partial charge in [-0.1, -0.05) is 6.07 Å². The molecule has 0 unspecified atom stereocenters. The van der Waals surface area contributed by atoms with Gasteiger partial charge in [-0.2, -0.15) is 13.2 Å². The third-order valence-electron chi connectivity index (χ3n) is 3.76. The number of aromatic nitrogens is 2. The number of nitrogens with zero attached hydrogens (tertiary/aromatic N) is 2. The van der Waals surface area contributed by atoms with Crippen LogP contribution in [0.5, 0.6) is 5.75 Å². The van der Waals surface area contributed by atoms with Crippen molar-refractivity contribution in [2.75, 3.05) is 5.32 Å². The van der Waals surface area contributed by atoms with Crippen molar-refractivity contribution in [3.8, 4) is 5.75 Å². The molecule has 2 amide bonds.